The fourth-order valence-electron chi connectivity index (χ4n) is 2.47. The lowest BCUT2D eigenvalue weighted by atomic mass is 9.81. The van der Waals surface area contributed by atoms with Gasteiger partial charge in [0.2, 0.25) is 0 Å². The number of hydrogen-bond acceptors (Lipinski definition) is 2. The highest BCUT2D eigenvalue weighted by atomic mass is 16.1. The highest BCUT2D eigenvalue weighted by Gasteiger charge is 2.33. The van der Waals surface area contributed by atoms with E-state index in [4.69, 9.17) is 0 Å². The average molecular weight is 259 g/mol. The van der Waals surface area contributed by atoms with Crippen molar-refractivity contribution < 1.29 is 4.79 Å². The van der Waals surface area contributed by atoms with E-state index < -0.39 is 0 Å². The second-order valence-corrected chi connectivity index (χ2v) is 6.66. The molecule has 0 saturated carbocycles. The van der Waals surface area contributed by atoms with E-state index >= 15 is 0 Å². The van der Waals surface area contributed by atoms with Gasteiger partial charge in [0.05, 0.1) is 6.54 Å². The monoisotopic (exact) mass is 259 g/mol. The van der Waals surface area contributed by atoms with Gasteiger partial charge in [0, 0.05) is 12.0 Å². The van der Waals surface area contributed by atoms with E-state index in [9.17, 15) is 4.79 Å². The molecule has 0 bridgehead atoms. The van der Waals surface area contributed by atoms with E-state index in [1.54, 1.807) is 0 Å². The van der Waals surface area contributed by atoms with Crippen molar-refractivity contribution >= 4 is 5.78 Å². The minimum absolute atomic E-state index is 0.127. The van der Waals surface area contributed by atoms with E-state index in [0.717, 1.165) is 19.5 Å². The Morgan fingerprint density at radius 3 is 2.37 bits per heavy atom. The number of ketones is 1. The fraction of sp³-hybridized carbons (Fsp3) is 0.588. The van der Waals surface area contributed by atoms with Crippen molar-refractivity contribution in [1.82, 2.24) is 4.90 Å². The zero-order chi connectivity index (χ0) is 14.0. The van der Waals surface area contributed by atoms with Gasteiger partial charge in [-0.05, 0) is 30.0 Å². The summed E-state index contributed by atoms with van der Waals surface area (Å²) in [7, 11) is 0. The number of Topliss-reactive ketones (excluding diaryl/α,β-unsaturated/α-hetero) is 1. The Labute approximate surface area is 116 Å². The molecule has 2 heteroatoms. The van der Waals surface area contributed by atoms with E-state index in [1.165, 1.54) is 11.1 Å². The molecule has 1 heterocycles. The van der Waals surface area contributed by atoms with E-state index in [0.29, 0.717) is 18.2 Å². The molecule has 0 amide bonds. The van der Waals surface area contributed by atoms with Crippen LogP contribution in [0.15, 0.2) is 24.3 Å². The fourth-order valence-corrected chi connectivity index (χ4v) is 2.47. The maximum Gasteiger partial charge on any atom is 0.152 e. The predicted molar refractivity (Wildman–Crippen MR) is 79.2 cm³/mol. The molecule has 2 rings (SSSR count). The van der Waals surface area contributed by atoms with Gasteiger partial charge in [0.15, 0.2) is 5.78 Å². The molecule has 1 aliphatic rings. The molecule has 0 aromatic heterocycles. The third-order valence-electron chi connectivity index (χ3n) is 4.23. The highest BCUT2D eigenvalue weighted by molar-refractivity contribution is 5.86. The van der Waals surface area contributed by atoms with Gasteiger partial charge < -0.3 is 0 Å². The Kier molecular flexibility index (Phi) is 4.10. The van der Waals surface area contributed by atoms with Crippen LogP contribution in [0.4, 0.5) is 0 Å². The number of likely N-dealkylation sites (tertiary alicyclic amines) is 1. The predicted octanol–water partition coefficient (Wildman–Crippen LogP) is 3.61. The number of carbonyl (C=O) groups is 1. The van der Waals surface area contributed by atoms with Crippen LogP contribution >= 0.6 is 0 Å². The molecule has 19 heavy (non-hydrogen) atoms. The SMILES string of the molecule is CC(C)c1ccc(CN2CCC(C)(C)C(=O)C2)cc1. The summed E-state index contributed by atoms with van der Waals surface area (Å²) in [5, 5.41) is 0. The largest absolute Gasteiger partial charge is 0.298 e. The molecule has 0 atom stereocenters. The normalized spacial score (nSPS) is 19.9. The van der Waals surface area contributed by atoms with Gasteiger partial charge in [-0.15, -0.1) is 0 Å². The molecule has 104 valence electrons. The van der Waals surface area contributed by atoms with Crippen molar-refractivity contribution in [2.24, 2.45) is 5.41 Å². The minimum Gasteiger partial charge on any atom is -0.298 e. The third kappa shape index (κ3) is 3.44. The van der Waals surface area contributed by atoms with Crippen molar-refractivity contribution in [3.63, 3.8) is 0 Å². The van der Waals surface area contributed by atoms with Crippen LogP contribution in [0, 0.1) is 5.41 Å². The molecule has 1 aromatic rings. The van der Waals surface area contributed by atoms with Crippen LogP contribution in [0.5, 0.6) is 0 Å². The maximum absolute atomic E-state index is 12.0. The first-order chi connectivity index (χ1) is 8.88. The van der Waals surface area contributed by atoms with Crippen LogP contribution in [-0.2, 0) is 11.3 Å². The van der Waals surface area contributed by atoms with E-state index in [1.807, 2.05) is 0 Å². The summed E-state index contributed by atoms with van der Waals surface area (Å²) in [5.74, 6) is 0.948. The Morgan fingerprint density at radius 1 is 1.21 bits per heavy atom. The van der Waals surface area contributed by atoms with Crippen molar-refractivity contribution in [3.05, 3.63) is 35.4 Å². The van der Waals surface area contributed by atoms with Gasteiger partial charge in [0.1, 0.15) is 0 Å². The molecular formula is C17H25NO. The van der Waals surface area contributed by atoms with Crippen molar-refractivity contribution in [3.8, 4) is 0 Å². The zero-order valence-electron chi connectivity index (χ0n) is 12.6. The van der Waals surface area contributed by atoms with Crippen molar-refractivity contribution in [2.45, 2.75) is 46.6 Å². The number of rotatable bonds is 3. The summed E-state index contributed by atoms with van der Waals surface area (Å²) in [6, 6.07) is 8.80. The highest BCUT2D eigenvalue weighted by Crippen LogP contribution is 2.27. The maximum atomic E-state index is 12.0. The molecule has 1 saturated heterocycles. The van der Waals surface area contributed by atoms with Gasteiger partial charge in [-0.25, -0.2) is 0 Å². The molecule has 1 aromatic carbocycles. The van der Waals surface area contributed by atoms with Crippen molar-refractivity contribution in [2.75, 3.05) is 13.1 Å². The lowest BCUT2D eigenvalue weighted by Gasteiger charge is -2.35. The molecule has 0 radical (unpaired) electrons. The molecule has 0 spiro atoms. The van der Waals surface area contributed by atoms with E-state index in [-0.39, 0.29) is 5.41 Å². The van der Waals surface area contributed by atoms with Crippen LogP contribution in [0.2, 0.25) is 0 Å². The summed E-state index contributed by atoms with van der Waals surface area (Å²) in [6.07, 6.45) is 0.968. The average Bonchev–Trinajstić information content (AvgIpc) is 2.35. The number of hydrogen-bond donors (Lipinski definition) is 0. The van der Waals surface area contributed by atoms with Crippen molar-refractivity contribution in [1.29, 1.82) is 0 Å². The van der Waals surface area contributed by atoms with Gasteiger partial charge in [-0.1, -0.05) is 52.0 Å². The topological polar surface area (TPSA) is 20.3 Å². The minimum atomic E-state index is -0.127. The lowest BCUT2D eigenvalue weighted by Crippen LogP contribution is -2.44. The van der Waals surface area contributed by atoms with Crippen LogP contribution < -0.4 is 0 Å². The first kappa shape index (κ1) is 14.3. The Morgan fingerprint density at radius 2 is 1.84 bits per heavy atom. The summed E-state index contributed by atoms with van der Waals surface area (Å²) < 4.78 is 0. The number of carbonyl (C=O) groups excluding carboxylic acids is 1. The summed E-state index contributed by atoms with van der Waals surface area (Å²) in [4.78, 5) is 14.3. The Hall–Kier alpha value is -1.15. The summed E-state index contributed by atoms with van der Waals surface area (Å²) in [6.45, 7) is 11.0. The number of piperidine rings is 1. The third-order valence-corrected chi connectivity index (χ3v) is 4.23. The smallest absolute Gasteiger partial charge is 0.152 e. The molecule has 0 unspecified atom stereocenters. The summed E-state index contributed by atoms with van der Waals surface area (Å²) >= 11 is 0. The van der Waals surface area contributed by atoms with Gasteiger partial charge >= 0.3 is 0 Å². The Balaban J connectivity index is 1.97. The molecule has 0 N–H and O–H groups in total. The van der Waals surface area contributed by atoms with Crippen LogP contribution in [0.3, 0.4) is 0 Å². The standard InChI is InChI=1S/C17H25NO/c1-13(2)15-7-5-14(6-8-15)11-18-10-9-17(3,4)16(19)12-18/h5-8,13H,9-12H2,1-4H3. The second-order valence-electron chi connectivity index (χ2n) is 6.66. The quantitative estimate of drug-likeness (QED) is 0.826. The second kappa shape index (κ2) is 5.46. The first-order valence-corrected chi connectivity index (χ1v) is 7.23. The molecule has 1 aliphatic heterocycles. The van der Waals surface area contributed by atoms with Crippen LogP contribution in [0.1, 0.15) is 51.2 Å². The number of benzene rings is 1. The van der Waals surface area contributed by atoms with Gasteiger partial charge in [-0.2, -0.15) is 0 Å². The molecule has 0 aliphatic carbocycles. The molecular weight excluding hydrogens is 234 g/mol. The van der Waals surface area contributed by atoms with E-state index in [2.05, 4.69) is 56.9 Å². The first-order valence-electron chi connectivity index (χ1n) is 7.23. The van der Waals surface area contributed by atoms with Gasteiger partial charge in [-0.3, -0.25) is 9.69 Å². The zero-order valence-corrected chi connectivity index (χ0v) is 12.6. The van der Waals surface area contributed by atoms with Gasteiger partial charge in [0.25, 0.3) is 0 Å². The van der Waals surface area contributed by atoms with Crippen LogP contribution in [-0.4, -0.2) is 23.8 Å². The Bertz CT molecular complexity index is 445. The van der Waals surface area contributed by atoms with Crippen LogP contribution in [0.25, 0.3) is 0 Å². The lowest BCUT2D eigenvalue weighted by molar-refractivity contribution is -0.132. The summed E-state index contributed by atoms with van der Waals surface area (Å²) in [5.41, 5.74) is 2.55. The number of nitrogens with zero attached hydrogens (tertiary/aromatic N) is 1. The molecule has 2 nitrogen and oxygen atoms in total. The molecule has 1 fully saturated rings.